The zero-order valence-electron chi connectivity index (χ0n) is 12.1. The standard InChI is InChI=1S/C15H23BrN2OS/c1-3-17-12(2)11-18-15(19)5-4-10-20-14-8-6-13(16)7-9-14/h6-9,12,17H,3-5,10-11H2,1-2H3,(H,18,19)/t12-/m1/s1. The molecule has 0 aliphatic heterocycles. The van der Waals surface area contributed by atoms with Crippen LogP contribution in [-0.4, -0.2) is 30.8 Å². The number of likely N-dealkylation sites (N-methyl/N-ethyl adjacent to an activating group) is 1. The number of thioether (sulfide) groups is 1. The Hall–Kier alpha value is -0.520. The fourth-order valence-electron chi connectivity index (χ4n) is 1.73. The van der Waals surface area contributed by atoms with E-state index in [0.717, 1.165) is 23.2 Å². The van der Waals surface area contributed by atoms with Gasteiger partial charge < -0.3 is 10.6 Å². The first-order valence-electron chi connectivity index (χ1n) is 7.00. The van der Waals surface area contributed by atoms with E-state index in [1.54, 1.807) is 11.8 Å². The fourth-order valence-corrected chi connectivity index (χ4v) is 2.85. The van der Waals surface area contributed by atoms with Crippen molar-refractivity contribution in [1.29, 1.82) is 0 Å². The van der Waals surface area contributed by atoms with Gasteiger partial charge in [-0.15, -0.1) is 11.8 Å². The molecule has 0 saturated heterocycles. The molecule has 1 aromatic carbocycles. The maximum atomic E-state index is 11.7. The quantitative estimate of drug-likeness (QED) is 0.524. The summed E-state index contributed by atoms with van der Waals surface area (Å²) in [6.45, 7) is 5.78. The minimum absolute atomic E-state index is 0.145. The lowest BCUT2D eigenvalue weighted by atomic mass is 10.3. The van der Waals surface area contributed by atoms with Crippen molar-refractivity contribution in [2.24, 2.45) is 0 Å². The van der Waals surface area contributed by atoms with Crippen molar-refractivity contribution in [3.63, 3.8) is 0 Å². The van der Waals surface area contributed by atoms with Crippen molar-refractivity contribution in [1.82, 2.24) is 10.6 Å². The van der Waals surface area contributed by atoms with Crippen LogP contribution in [0.1, 0.15) is 26.7 Å². The minimum atomic E-state index is 0.145. The molecule has 3 nitrogen and oxygen atoms in total. The Labute approximate surface area is 134 Å². The first-order chi connectivity index (χ1) is 9.61. The summed E-state index contributed by atoms with van der Waals surface area (Å²) in [7, 11) is 0. The summed E-state index contributed by atoms with van der Waals surface area (Å²) in [6.07, 6.45) is 1.50. The van der Waals surface area contributed by atoms with Crippen molar-refractivity contribution < 1.29 is 4.79 Å². The summed E-state index contributed by atoms with van der Waals surface area (Å²) < 4.78 is 1.09. The maximum absolute atomic E-state index is 11.7. The van der Waals surface area contributed by atoms with Gasteiger partial charge in [-0.05, 0) is 49.9 Å². The SMILES string of the molecule is CCN[C@H](C)CNC(=O)CCCSc1ccc(Br)cc1. The van der Waals surface area contributed by atoms with Crippen molar-refractivity contribution in [2.45, 2.75) is 37.6 Å². The van der Waals surface area contributed by atoms with Crippen LogP contribution in [0.2, 0.25) is 0 Å². The van der Waals surface area contributed by atoms with Crippen LogP contribution in [0.5, 0.6) is 0 Å². The molecule has 112 valence electrons. The van der Waals surface area contributed by atoms with Gasteiger partial charge in [-0.1, -0.05) is 22.9 Å². The third-order valence-electron chi connectivity index (χ3n) is 2.79. The van der Waals surface area contributed by atoms with Crippen LogP contribution in [0.4, 0.5) is 0 Å². The monoisotopic (exact) mass is 358 g/mol. The molecule has 1 aromatic rings. The summed E-state index contributed by atoms with van der Waals surface area (Å²) in [4.78, 5) is 12.9. The molecule has 0 saturated carbocycles. The normalized spacial score (nSPS) is 12.2. The molecule has 0 fully saturated rings. The van der Waals surface area contributed by atoms with E-state index in [9.17, 15) is 4.79 Å². The molecule has 1 amide bonds. The Morgan fingerprint density at radius 3 is 2.70 bits per heavy atom. The molecule has 1 atom stereocenters. The van der Waals surface area contributed by atoms with E-state index in [4.69, 9.17) is 0 Å². The van der Waals surface area contributed by atoms with E-state index < -0.39 is 0 Å². The zero-order chi connectivity index (χ0) is 14.8. The number of amides is 1. The topological polar surface area (TPSA) is 41.1 Å². The molecule has 0 radical (unpaired) electrons. The van der Waals surface area contributed by atoms with Gasteiger partial charge in [0, 0.05) is 28.4 Å². The molecule has 0 unspecified atom stereocenters. The first kappa shape index (κ1) is 17.5. The van der Waals surface area contributed by atoms with E-state index >= 15 is 0 Å². The summed E-state index contributed by atoms with van der Waals surface area (Å²) in [5, 5.41) is 6.23. The van der Waals surface area contributed by atoms with Crippen LogP contribution in [0.3, 0.4) is 0 Å². The number of carbonyl (C=O) groups excluding carboxylic acids is 1. The molecule has 0 heterocycles. The molecule has 20 heavy (non-hydrogen) atoms. The van der Waals surface area contributed by atoms with Crippen molar-refractivity contribution in [3.05, 3.63) is 28.7 Å². The number of hydrogen-bond donors (Lipinski definition) is 2. The lowest BCUT2D eigenvalue weighted by Gasteiger charge is -2.13. The van der Waals surface area contributed by atoms with Crippen LogP contribution < -0.4 is 10.6 Å². The van der Waals surface area contributed by atoms with Gasteiger partial charge in [-0.2, -0.15) is 0 Å². The number of hydrogen-bond acceptors (Lipinski definition) is 3. The summed E-state index contributed by atoms with van der Waals surface area (Å²) in [6, 6.07) is 8.59. The van der Waals surface area contributed by atoms with Crippen LogP contribution in [0, 0.1) is 0 Å². The van der Waals surface area contributed by atoms with Crippen molar-refractivity contribution in [3.8, 4) is 0 Å². The van der Waals surface area contributed by atoms with Gasteiger partial charge in [0.15, 0.2) is 0 Å². The van der Waals surface area contributed by atoms with Crippen LogP contribution in [0.15, 0.2) is 33.6 Å². The second-order valence-electron chi connectivity index (χ2n) is 4.67. The Morgan fingerprint density at radius 2 is 2.05 bits per heavy atom. The molecule has 0 spiro atoms. The molecule has 1 rings (SSSR count). The smallest absolute Gasteiger partial charge is 0.220 e. The van der Waals surface area contributed by atoms with Crippen LogP contribution in [-0.2, 0) is 4.79 Å². The Balaban J connectivity index is 2.08. The van der Waals surface area contributed by atoms with Gasteiger partial charge in [0.05, 0.1) is 0 Å². The molecule has 0 aliphatic rings. The second kappa shape index (κ2) is 10.2. The van der Waals surface area contributed by atoms with E-state index in [-0.39, 0.29) is 5.91 Å². The van der Waals surface area contributed by atoms with E-state index in [0.29, 0.717) is 19.0 Å². The Kier molecular flexibility index (Phi) is 8.98. The maximum Gasteiger partial charge on any atom is 0.220 e. The highest BCUT2D eigenvalue weighted by Crippen LogP contribution is 2.21. The number of carbonyl (C=O) groups is 1. The number of rotatable bonds is 9. The average molecular weight is 359 g/mol. The zero-order valence-corrected chi connectivity index (χ0v) is 14.5. The van der Waals surface area contributed by atoms with Gasteiger partial charge in [0.2, 0.25) is 5.91 Å². The summed E-state index contributed by atoms with van der Waals surface area (Å²) in [5.74, 6) is 1.11. The number of halogens is 1. The summed E-state index contributed by atoms with van der Waals surface area (Å²) in [5.41, 5.74) is 0. The molecule has 0 aliphatic carbocycles. The first-order valence-corrected chi connectivity index (χ1v) is 8.78. The largest absolute Gasteiger partial charge is 0.355 e. The highest BCUT2D eigenvalue weighted by Gasteiger charge is 2.04. The predicted molar refractivity (Wildman–Crippen MR) is 90.2 cm³/mol. The molecular weight excluding hydrogens is 336 g/mol. The molecular formula is C15H23BrN2OS. The van der Waals surface area contributed by atoms with E-state index in [2.05, 4.69) is 52.5 Å². The van der Waals surface area contributed by atoms with Crippen molar-refractivity contribution in [2.75, 3.05) is 18.8 Å². The highest BCUT2D eigenvalue weighted by molar-refractivity contribution is 9.10. The fraction of sp³-hybridized carbons (Fsp3) is 0.533. The number of nitrogens with one attached hydrogen (secondary N) is 2. The lowest BCUT2D eigenvalue weighted by molar-refractivity contribution is -0.121. The molecule has 2 N–H and O–H groups in total. The molecule has 0 bridgehead atoms. The summed E-state index contributed by atoms with van der Waals surface area (Å²) >= 11 is 5.21. The second-order valence-corrected chi connectivity index (χ2v) is 6.75. The number of benzene rings is 1. The minimum Gasteiger partial charge on any atom is -0.355 e. The average Bonchev–Trinajstić information content (AvgIpc) is 2.43. The molecule has 0 aromatic heterocycles. The molecule has 5 heteroatoms. The highest BCUT2D eigenvalue weighted by atomic mass is 79.9. The lowest BCUT2D eigenvalue weighted by Crippen LogP contribution is -2.38. The Morgan fingerprint density at radius 1 is 1.35 bits per heavy atom. The predicted octanol–water partition coefficient (Wildman–Crippen LogP) is 3.44. The third-order valence-corrected chi connectivity index (χ3v) is 4.42. The van der Waals surface area contributed by atoms with Gasteiger partial charge in [0.25, 0.3) is 0 Å². The Bertz CT molecular complexity index is 397. The van der Waals surface area contributed by atoms with E-state index in [1.807, 2.05) is 12.1 Å². The van der Waals surface area contributed by atoms with E-state index in [1.165, 1.54) is 4.90 Å². The van der Waals surface area contributed by atoms with Gasteiger partial charge in [0.1, 0.15) is 0 Å². The van der Waals surface area contributed by atoms with Crippen molar-refractivity contribution >= 4 is 33.6 Å². The van der Waals surface area contributed by atoms with Gasteiger partial charge in [-0.3, -0.25) is 4.79 Å². The van der Waals surface area contributed by atoms with Gasteiger partial charge >= 0.3 is 0 Å². The van der Waals surface area contributed by atoms with Crippen LogP contribution in [0.25, 0.3) is 0 Å². The third kappa shape index (κ3) is 7.92. The van der Waals surface area contributed by atoms with Crippen LogP contribution >= 0.6 is 27.7 Å². The van der Waals surface area contributed by atoms with Gasteiger partial charge in [-0.25, -0.2) is 0 Å².